The van der Waals surface area contributed by atoms with Gasteiger partial charge in [0.25, 0.3) is 5.78 Å². The van der Waals surface area contributed by atoms with Crippen LogP contribution in [0.1, 0.15) is 6.42 Å². The number of aliphatic carboxylic acids is 2. The van der Waals surface area contributed by atoms with Crippen LogP contribution in [0.5, 0.6) is 0 Å². The average molecular weight is 200 g/mol. The van der Waals surface area contributed by atoms with Crippen LogP contribution in [0.3, 0.4) is 0 Å². The van der Waals surface area contributed by atoms with Crippen LogP contribution in [0, 0.1) is 5.92 Å². The van der Waals surface area contributed by atoms with Crippen molar-refractivity contribution in [1.82, 2.24) is 0 Å². The Morgan fingerprint density at radius 2 is 1.79 bits per heavy atom. The Labute approximate surface area is 78.8 Å². The van der Waals surface area contributed by atoms with Crippen molar-refractivity contribution in [3.8, 4) is 0 Å². The molecular weight excluding hydrogens is 192 g/mol. The van der Waals surface area contributed by atoms with Gasteiger partial charge in [-0.1, -0.05) is 6.08 Å². The van der Waals surface area contributed by atoms with Crippen molar-refractivity contribution in [2.75, 3.05) is 0 Å². The zero-order chi connectivity index (χ0) is 11.1. The first-order valence-corrected chi connectivity index (χ1v) is 3.60. The third-order valence-electron chi connectivity index (χ3n) is 1.29. The zero-order valence-corrected chi connectivity index (χ0v) is 7.04. The summed E-state index contributed by atoms with van der Waals surface area (Å²) in [4.78, 5) is 40.9. The fourth-order valence-corrected chi connectivity index (χ4v) is 0.645. The molecule has 0 fully saturated rings. The van der Waals surface area contributed by atoms with E-state index >= 15 is 0 Å². The number of carboxylic acid groups (broad SMARTS) is 2. The molecule has 0 bridgehead atoms. The number of carboxylic acids is 2. The number of hydrogen-bond acceptors (Lipinski definition) is 4. The number of allylic oxidation sites excluding steroid dienone is 1. The van der Waals surface area contributed by atoms with Gasteiger partial charge in [0.2, 0.25) is 0 Å². The molecule has 0 rings (SSSR count). The molecular formula is C8H8O6. The minimum atomic E-state index is -1.65. The minimum absolute atomic E-state index is 0.333. The number of carbonyl (C=O) groups excluding carboxylic acids is 2. The predicted molar refractivity (Wildman–Crippen MR) is 43.6 cm³/mol. The Morgan fingerprint density at radius 3 is 2.14 bits per heavy atom. The largest absolute Gasteiger partial charge is 0.481 e. The fourth-order valence-electron chi connectivity index (χ4n) is 0.645. The van der Waals surface area contributed by atoms with Gasteiger partial charge >= 0.3 is 11.9 Å². The van der Waals surface area contributed by atoms with E-state index in [9.17, 15) is 19.2 Å². The summed E-state index contributed by atoms with van der Waals surface area (Å²) in [5.74, 6) is -5.02. The van der Waals surface area contributed by atoms with Crippen LogP contribution in [0.15, 0.2) is 12.2 Å². The number of hydrogen-bond donors (Lipinski definition) is 2. The van der Waals surface area contributed by atoms with E-state index < -0.39 is 30.1 Å². The predicted octanol–water partition coefficient (Wildman–Crippen LogP) is -0.514. The van der Waals surface area contributed by atoms with E-state index in [1.165, 1.54) is 0 Å². The molecule has 1 atom stereocenters. The lowest BCUT2D eigenvalue weighted by Crippen LogP contribution is -2.11. The molecule has 0 aliphatic heterocycles. The van der Waals surface area contributed by atoms with E-state index in [4.69, 9.17) is 10.2 Å². The Hall–Kier alpha value is -1.98. The highest BCUT2D eigenvalue weighted by Crippen LogP contribution is 2.01. The molecule has 0 saturated heterocycles. The van der Waals surface area contributed by atoms with Crippen LogP contribution < -0.4 is 0 Å². The summed E-state index contributed by atoms with van der Waals surface area (Å²) in [5, 5.41) is 16.4. The van der Waals surface area contributed by atoms with Gasteiger partial charge < -0.3 is 15.0 Å². The Balaban J connectivity index is 4.31. The lowest BCUT2D eigenvalue weighted by Gasteiger charge is -1.97. The van der Waals surface area contributed by atoms with Crippen molar-refractivity contribution in [2.24, 2.45) is 5.92 Å². The summed E-state index contributed by atoms with van der Waals surface area (Å²) < 4.78 is 0. The SMILES string of the molecule is O=CC(C=CC(=O)C(=O)O)CC(=O)O. The molecule has 0 aliphatic rings. The third-order valence-corrected chi connectivity index (χ3v) is 1.29. The molecule has 0 aromatic carbocycles. The molecule has 0 saturated carbocycles. The quantitative estimate of drug-likeness (QED) is 0.339. The lowest BCUT2D eigenvalue weighted by atomic mass is 10.1. The van der Waals surface area contributed by atoms with Gasteiger partial charge in [-0.25, -0.2) is 4.79 Å². The Bertz CT molecular complexity index is 290. The van der Waals surface area contributed by atoms with E-state index in [-0.39, 0.29) is 0 Å². The van der Waals surface area contributed by atoms with Crippen LogP contribution in [0.2, 0.25) is 0 Å². The number of carbonyl (C=O) groups is 4. The zero-order valence-electron chi connectivity index (χ0n) is 7.04. The summed E-state index contributed by atoms with van der Waals surface area (Å²) in [7, 11) is 0. The van der Waals surface area contributed by atoms with Crippen LogP contribution in [0.25, 0.3) is 0 Å². The standard InChI is InChI=1S/C8H8O6/c9-4-5(3-7(11)12)1-2-6(10)8(13)14/h1-2,4-5H,3H2,(H,11,12)(H,13,14). The molecule has 6 heteroatoms. The van der Waals surface area contributed by atoms with Gasteiger partial charge in [-0.05, 0) is 6.08 Å². The second-order valence-corrected chi connectivity index (χ2v) is 2.43. The second kappa shape index (κ2) is 5.63. The van der Waals surface area contributed by atoms with Crippen molar-refractivity contribution in [2.45, 2.75) is 6.42 Å². The van der Waals surface area contributed by atoms with Gasteiger partial charge in [0, 0.05) is 5.92 Å². The van der Waals surface area contributed by atoms with E-state index in [2.05, 4.69) is 0 Å². The summed E-state index contributed by atoms with van der Waals surface area (Å²) in [6.07, 6.45) is 1.49. The maximum absolute atomic E-state index is 10.5. The van der Waals surface area contributed by atoms with Gasteiger partial charge in [-0.2, -0.15) is 0 Å². The first-order valence-electron chi connectivity index (χ1n) is 3.60. The lowest BCUT2D eigenvalue weighted by molar-refractivity contribution is -0.146. The van der Waals surface area contributed by atoms with Crippen LogP contribution >= 0.6 is 0 Å². The molecule has 76 valence electrons. The van der Waals surface area contributed by atoms with Crippen molar-refractivity contribution in [3.63, 3.8) is 0 Å². The highest BCUT2D eigenvalue weighted by atomic mass is 16.4. The van der Waals surface area contributed by atoms with Crippen molar-refractivity contribution in [1.29, 1.82) is 0 Å². The average Bonchev–Trinajstić information content (AvgIpc) is 2.10. The first-order chi connectivity index (χ1) is 6.47. The molecule has 1 unspecified atom stereocenters. The summed E-state index contributed by atoms with van der Waals surface area (Å²) in [5.41, 5.74) is 0. The number of ketones is 1. The van der Waals surface area contributed by atoms with E-state index in [0.717, 1.165) is 6.08 Å². The number of aldehydes is 1. The molecule has 0 radical (unpaired) electrons. The summed E-state index contributed by atoms with van der Waals surface area (Å²) in [6.45, 7) is 0. The molecule has 6 nitrogen and oxygen atoms in total. The van der Waals surface area contributed by atoms with Crippen molar-refractivity contribution >= 4 is 24.0 Å². The van der Waals surface area contributed by atoms with Crippen LogP contribution in [-0.4, -0.2) is 34.2 Å². The van der Waals surface area contributed by atoms with E-state index in [1.54, 1.807) is 0 Å². The third kappa shape index (κ3) is 4.81. The maximum atomic E-state index is 10.5. The minimum Gasteiger partial charge on any atom is -0.481 e. The van der Waals surface area contributed by atoms with Gasteiger partial charge in [-0.15, -0.1) is 0 Å². The Morgan fingerprint density at radius 1 is 1.21 bits per heavy atom. The smallest absolute Gasteiger partial charge is 0.376 e. The molecule has 0 aromatic rings. The van der Waals surface area contributed by atoms with Gasteiger partial charge in [0.15, 0.2) is 0 Å². The van der Waals surface area contributed by atoms with Crippen molar-refractivity contribution < 1.29 is 29.4 Å². The summed E-state index contributed by atoms with van der Waals surface area (Å²) in [6, 6.07) is 0. The highest BCUT2D eigenvalue weighted by Gasteiger charge is 2.11. The molecule has 14 heavy (non-hydrogen) atoms. The number of rotatable bonds is 6. The molecule has 0 aromatic heterocycles. The summed E-state index contributed by atoms with van der Waals surface area (Å²) >= 11 is 0. The normalized spacial score (nSPS) is 12.3. The van der Waals surface area contributed by atoms with E-state index in [1.807, 2.05) is 0 Å². The maximum Gasteiger partial charge on any atom is 0.376 e. The molecule has 2 N–H and O–H groups in total. The fraction of sp³-hybridized carbons (Fsp3) is 0.250. The molecule has 0 heterocycles. The van der Waals surface area contributed by atoms with Crippen LogP contribution in [-0.2, 0) is 19.2 Å². The first kappa shape index (κ1) is 12.0. The second-order valence-electron chi connectivity index (χ2n) is 2.43. The van der Waals surface area contributed by atoms with Gasteiger partial charge in [-0.3, -0.25) is 9.59 Å². The van der Waals surface area contributed by atoms with E-state index in [0.29, 0.717) is 12.4 Å². The monoisotopic (exact) mass is 200 g/mol. The van der Waals surface area contributed by atoms with Crippen molar-refractivity contribution in [3.05, 3.63) is 12.2 Å². The highest BCUT2D eigenvalue weighted by molar-refractivity contribution is 6.37. The van der Waals surface area contributed by atoms with Crippen LogP contribution in [0.4, 0.5) is 0 Å². The topological polar surface area (TPSA) is 109 Å². The molecule has 0 amide bonds. The Kier molecular flexibility index (Phi) is 4.83. The molecule has 0 spiro atoms. The van der Waals surface area contributed by atoms with Gasteiger partial charge in [0.05, 0.1) is 6.42 Å². The molecule has 0 aliphatic carbocycles. The van der Waals surface area contributed by atoms with Gasteiger partial charge in [0.1, 0.15) is 6.29 Å².